The molecule has 1 aromatic rings. The summed E-state index contributed by atoms with van der Waals surface area (Å²) in [4.78, 5) is 1.44. The first-order valence-electron chi connectivity index (χ1n) is 5.79. The number of hydrogen-bond donors (Lipinski definition) is 1. The van der Waals surface area contributed by atoms with Gasteiger partial charge in [-0.15, -0.1) is 11.3 Å². The normalized spacial score (nSPS) is 17.8. The van der Waals surface area contributed by atoms with E-state index >= 15 is 0 Å². The highest BCUT2D eigenvalue weighted by atomic mass is 32.2. The van der Waals surface area contributed by atoms with E-state index in [-0.39, 0.29) is 0 Å². The van der Waals surface area contributed by atoms with E-state index in [0.29, 0.717) is 24.5 Å². The molecule has 1 saturated heterocycles. The molecule has 0 aliphatic carbocycles. The maximum atomic E-state index is 12.5. The molecule has 0 bridgehead atoms. The minimum atomic E-state index is -3.28. The molecule has 2 rings (SSSR count). The molecule has 1 aliphatic heterocycles. The first-order valence-corrected chi connectivity index (χ1v) is 8.11. The van der Waals surface area contributed by atoms with Crippen LogP contribution < -0.4 is 5.32 Å². The van der Waals surface area contributed by atoms with Crippen molar-refractivity contribution in [1.29, 1.82) is 0 Å². The monoisotopic (exact) mass is 274 g/mol. The maximum absolute atomic E-state index is 12.5. The second-order valence-corrected chi connectivity index (χ2v) is 7.15. The van der Waals surface area contributed by atoms with Crippen LogP contribution in [0.1, 0.15) is 23.3 Å². The third kappa shape index (κ3) is 2.40. The summed E-state index contributed by atoms with van der Waals surface area (Å²) in [5.41, 5.74) is 0.868. The standard InChI is InChI=1S/C11H18N2O2S2/c1-9-8-16-10(7-12-2)11(9)17(14,15)13-5-3-4-6-13/h8,12H,3-7H2,1-2H3. The minimum absolute atomic E-state index is 0.527. The van der Waals surface area contributed by atoms with Crippen molar-refractivity contribution in [3.8, 4) is 0 Å². The molecular formula is C11H18N2O2S2. The van der Waals surface area contributed by atoms with Crippen molar-refractivity contribution in [3.63, 3.8) is 0 Å². The lowest BCUT2D eigenvalue weighted by molar-refractivity contribution is 0.476. The van der Waals surface area contributed by atoms with Crippen LogP contribution >= 0.6 is 11.3 Å². The molecule has 2 heterocycles. The van der Waals surface area contributed by atoms with Crippen LogP contribution in [0, 0.1) is 6.92 Å². The molecular weight excluding hydrogens is 256 g/mol. The Morgan fingerprint density at radius 2 is 2.06 bits per heavy atom. The Hall–Kier alpha value is -0.430. The van der Waals surface area contributed by atoms with Crippen LogP contribution in [0.4, 0.5) is 0 Å². The SMILES string of the molecule is CNCc1scc(C)c1S(=O)(=O)N1CCCC1. The lowest BCUT2D eigenvalue weighted by Gasteiger charge is -2.16. The van der Waals surface area contributed by atoms with Gasteiger partial charge in [0.05, 0.1) is 0 Å². The number of nitrogens with zero attached hydrogens (tertiary/aromatic N) is 1. The highest BCUT2D eigenvalue weighted by Gasteiger charge is 2.31. The van der Waals surface area contributed by atoms with Crippen LogP contribution in [0.2, 0.25) is 0 Å². The Morgan fingerprint density at radius 1 is 1.41 bits per heavy atom. The molecule has 1 aromatic heterocycles. The molecule has 0 atom stereocenters. The summed E-state index contributed by atoms with van der Waals surface area (Å²) in [7, 11) is -1.44. The highest BCUT2D eigenvalue weighted by molar-refractivity contribution is 7.89. The summed E-state index contributed by atoms with van der Waals surface area (Å²) in [6.45, 7) is 3.81. The zero-order chi connectivity index (χ0) is 12.5. The third-order valence-electron chi connectivity index (χ3n) is 2.99. The smallest absolute Gasteiger partial charge is 0.244 e. The second kappa shape index (κ2) is 5.06. The van der Waals surface area contributed by atoms with Gasteiger partial charge in [-0.25, -0.2) is 8.42 Å². The average Bonchev–Trinajstić information content (AvgIpc) is 2.88. The molecule has 17 heavy (non-hydrogen) atoms. The Bertz CT molecular complexity index is 488. The van der Waals surface area contributed by atoms with Gasteiger partial charge in [0.25, 0.3) is 0 Å². The largest absolute Gasteiger partial charge is 0.315 e. The Kier molecular flexibility index (Phi) is 3.87. The van der Waals surface area contributed by atoms with Gasteiger partial charge < -0.3 is 5.32 Å². The average molecular weight is 274 g/mol. The van der Waals surface area contributed by atoms with Gasteiger partial charge >= 0.3 is 0 Å². The van der Waals surface area contributed by atoms with E-state index in [1.165, 1.54) is 11.3 Å². The number of sulfonamides is 1. The fraction of sp³-hybridized carbons (Fsp3) is 0.636. The maximum Gasteiger partial charge on any atom is 0.244 e. The number of nitrogens with one attached hydrogen (secondary N) is 1. The lowest BCUT2D eigenvalue weighted by Crippen LogP contribution is -2.29. The summed E-state index contributed by atoms with van der Waals surface area (Å²) in [5.74, 6) is 0. The Morgan fingerprint density at radius 3 is 2.65 bits per heavy atom. The molecule has 0 unspecified atom stereocenters. The van der Waals surface area contributed by atoms with E-state index in [1.54, 1.807) is 4.31 Å². The van der Waals surface area contributed by atoms with Crippen molar-refractivity contribution in [2.75, 3.05) is 20.1 Å². The number of hydrogen-bond acceptors (Lipinski definition) is 4. The van der Waals surface area contributed by atoms with Crippen LogP contribution in [0.5, 0.6) is 0 Å². The van der Waals surface area contributed by atoms with Crippen LogP contribution in [0.3, 0.4) is 0 Å². The molecule has 96 valence electrons. The number of thiophene rings is 1. The molecule has 0 saturated carbocycles. The van der Waals surface area contributed by atoms with E-state index in [0.717, 1.165) is 23.3 Å². The van der Waals surface area contributed by atoms with Gasteiger partial charge in [0.1, 0.15) is 4.90 Å². The molecule has 0 radical (unpaired) electrons. The number of rotatable bonds is 4. The van der Waals surface area contributed by atoms with Crippen LogP contribution in [0.25, 0.3) is 0 Å². The summed E-state index contributed by atoms with van der Waals surface area (Å²) >= 11 is 1.52. The minimum Gasteiger partial charge on any atom is -0.315 e. The quantitative estimate of drug-likeness (QED) is 0.906. The predicted octanol–water partition coefficient (Wildman–Crippen LogP) is 1.56. The summed E-state index contributed by atoms with van der Waals surface area (Å²) in [6, 6.07) is 0. The van der Waals surface area contributed by atoms with Gasteiger partial charge in [-0.05, 0) is 37.8 Å². The van der Waals surface area contributed by atoms with E-state index in [4.69, 9.17) is 0 Å². The summed E-state index contributed by atoms with van der Waals surface area (Å²) in [5, 5.41) is 4.95. The van der Waals surface area contributed by atoms with Gasteiger partial charge in [0, 0.05) is 24.5 Å². The fourth-order valence-corrected chi connectivity index (χ4v) is 5.46. The van der Waals surface area contributed by atoms with Crippen molar-refractivity contribution >= 4 is 21.4 Å². The fourth-order valence-electron chi connectivity index (χ4n) is 2.17. The third-order valence-corrected chi connectivity index (χ3v) is 6.35. The molecule has 0 aromatic carbocycles. The summed E-state index contributed by atoms with van der Waals surface area (Å²) in [6.07, 6.45) is 1.95. The van der Waals surface area contributed by atoms with Crippen molar-refractivity contribution in [2.45, 2.75) is 31.2 Å². The lowest BCUT2D eigenvalue weighted by atomic mass is 10.3. The van der Waals surface area contributed by atoms with Gasteiger partial charge in [0.15, 0.2) is 0 Å². The molecule has 0 amide bonds. The predicted molar refractivity (Wildman–Crippen MR) is 69.8 cm³/mol. The van der Waals surface area contributed by atoms with Gasteiger partial charge in [-0.2, -0.15) is 4.31 Å². The van der Waals surface area contributed by atoms with Crippen molar-refractivity contribution in [3.05, 3.63) is 15.8 Å². The van der Waals surface area contributed by atoms with E-state index in [2.05, 4.69) is 5.32 Å². The van der Waals surface area contributed by atoms with E-state index < -0.39 is 10.0 Å². The highest BCUT2D eigenvalue weighted by Crippen LogP contribution is 2.31. The zero-order valence-corrected chi connectivity index (χ0v) is 11.8. The van der Waals surface area contributed by atoms with E-state index in [1.807, 2.05) is 19.4 Å². The molecule has 1 fully saturated rings. The topological polar surface area (TPSA) is 49.4 Å². The van der Waals surface area contributed by atoms with E-state index in [9.17, 15) is 8.42 Å². The van der Waals surface area contributed by atoms with Crippen molar-refractivity contribution < 1.29 is 8.42 Å². The first-order chi connectivity index (χ1) is 8.07. The van der Waals surface area contributed by atoms with Crippen LogP contribution in [0.15, 0.2) is 10.3 Å². The first kappa shape index (κ1) is 13.0. The zero-order valence-electron chi connectivity index (χ0n) is 10.2. The van der Waals surface area contributed by atoms with Gasteiger partial charge in [0.2, 0.25) is 10.0 Å². The van der Waals surface area contributed by atoms with Crippen molar-refractivity contribution in [1.82, 2.24) is 9.62 Å². The van der Waals surface area contributed by atoms with Gasteiger partial charge in [-0.1, -0.05) is 0 Å². The van der Waals surface area contributed by atoms with Crippen LogP contribution in [-0.2, 0) is 16.6 Å². The Labute approximate surface area is 107 Å². The van der Waals surface area contributed by atoms with Crippen molar-refractivity contribution in [2.24, 2.45) is 0 Å². The molecule has 6 heteroatoms. The van der Waals surface area contributed by atoms with Crippen LogP contribution in [-0.4, -0.2) is 32.9 Å². The summed E-state index contributed by atoms with van der Waals surface area (Å²) < 4.78 is 26.6. The second-order valence-electron chi connectivity index (χ2n) is 4.31. The number of aryl methyl sites for hydroxylation is 1. The molecule has 0 spiro atoms. The molecule has 1 N–H and O–H groups in total. The molecule has 4 nitrogen and oxygen atoms in total. The Balaban J connectivity index is 2.41. The van der Waals surface area contributed by atoms with Gasteiger partial charge in [-0.3, -0.25) is 0 Å². The molecule has 1 aliphatic rings.